The van der Waals surface area contributed by atoms with E-state index < -0.39 is 5.54 Å². The highest BCUT2D eigenvalue weighted by molar-refractivity contribution is 7.13. The van der Waals surface area contributed by atoms with Crippen molar-refractivity contribution in [2.45, 2.75) is 78.6 Å². The summed E-state index contributed by atoms with van der Waals surface area (Å²) < 4.78 is 5.53. The highest BCUT2D eigenvalue weighted by atomic mass is 32.1. The number of hydrogen-bond donors (Lipinski definition) is 2. The molecule has 11 heteroatoms. The van der Waals surface area contributed by atoms with Gasteiger partial charge in [0, 0.05) is 50.5 Å². The van der Waals surface area contributed by atoms with E-state index in [9.17, 15) is 9.59 Å². The summed E-state index contributed by atoms with van der Waals surface area (Å²) in [4.78, 5) is 38.3. The fourth-order valence-corrected chi connectivity index (χ4v) is 6.78. The Morgan fingerprint density at radius 3 is 2.57 bits per heavy atom. The first kappa shape index (κ1) is 26.1. The normalized spacial score (nSPS) is 24.4. The molecule has 5 heterocycles. The van der Waals surface area contributed by atoms with Crippen LogP contribution in [-0.2, 0) is 16.8 Å². The van der Waals surface area contributed by atoms with Crippen LogP contribution in [-0.4, -0.2) is 86.8 Å². The second kappa shape index (κ2) is 9.99. The minimum atomic E-state index is -0.568. The number of aromatic amines is 1. The molecule has 2 N–H and O–H groups in total. The summed E-state index contributed by atoms with van der Waals surface area (Å²) in [5.41, 5.74) is 1.88. The van der Waals surface area contributed by atoms with Gasteiger partial charge in [0.2, 0.25) is 0 Å². The quantitative estimate of drug-likeness (QED) is 0.625. The molecule has 0 bridgehead atoms. The van der Waals surface area contributed by atoms with Gasteiger partial charge in [0.25, 0.3) is 5.91 Å². The number of hydrogen-bond acceptors (Lipinski definition) is 7. The van der Waals surface area contributed by atoms with Crippen LogP contribution >= 0.6 is 11.3 Å². The molecule has 2 aromatic rings. The minimum Gasteiger partial charge on any atom is -0.381 e. The third-order valence-corrected chi connectivity index (χ3v) is 9.31. The fraction of sp³-hybridized carbons (Fsp3) is 0.692. The van der Waals surface area contributed by atoms with Gasteiger partial charge in [0.1, 0.15) is 4.88 Å². The predicted octanol–water partition coefficient (Wildman–Crippen LogP) is 3.73. The largest absolute Gasteiger partial charge is 0.381 e. The van der Waals surface area contributed by atoms with Gasteiger partial charge in [-0.3, -0.25) is 14.8 Å². The van der Waals surface area contributed by atoms with E-state index in [1.54, 1.807) is 0 Å². The van der Waals surface area contributed by atoms with Gasteiger partial charge in [-0.05, 0) is 60.3 Å². The number of carbonyl (C=O) groups is 2. The topological polar surface area (TPSA) is 107 Å². The molecule has 2 fully saturated rings. The van der Waals surface area contributed by atoms with Crippen molar-refractivity contribution >= 4 is 29.1 Å². The van der Waals surface area contributed by atoms with Gasteiger partial charge < -0.3 is 19.9 Å². The maximum atomic E-state index is 13.9. The van der Waals surface area contributed by atoms with E-state index in [-0.39, 0.29) is 18.0 Å². The second-order valence-electron chi connectivity index (χ2n) is 11.3. The first-order chi connectivity index (χ1) is 17.6. The van der Waals surface area contributed by atoms with E-state index in [0.29, 0.717) is 41.4 Å². The number of piperazine rings is 1. The lowest BCUT2D eigenvalue weighted by Gasteiger charge is -2.47. The molecule has 0 aromatic carbocycles. The average molecular weight is 530 g/mol. The summed E-state index contributed by atoms with van der Waals surface area (Å²) in [6.07, 6.45) is 2.24. The van der Waals surface area contributed by atoms with Gasteiger partial charge in [-0.2, -0.15) is 5.10 Å². The molecule has 0 unspecified atom stereocenters. The van der Waals surface area contributed by atoms with Crippen molar-refractivity contribution in [3.8, 4) is 0 Å². The van der Waals surface area contributed by atoms with Crippen molar-refractivity contribution in [3.05, 3.63) is 26.8 Å². The molecule has 0 saturated carbocycles. The minimum absolute atomic E-state index is 0.0332. The van der Waals surface area contributed by atoms with Crippen molar-refractivity contribution < 1.29 is 14.3 Å². The Morgan fingerprint density at radius 1 is 1.16 bits per heavy atom. The molecular formula is C26H39N7O3S. The predicted molar refractivity (Wildman–Crippen MR) is 143 cm³/mol. The van der Waals surface area contributed by atoms with Crippen LogP contribution in [0.1, 0.15) is 72.2 Å². The molecule has 2 aromatic heterocycles. The smallest absolute Gasteiger partial charge is 0.321 e. The molecule has 0 aliphatic carbocycles. The standard InChI is InChI=1S/C26H39N7O3S/c1-15-12-32(16(2)11-31(15)13-19-7-9-36-10-8-19)25(35)33-14-20-22(26(33,5)6)29-30-23(20)28-24(34)21-17(3)27-18(4)37-21/h15-16,19H,7-14H2,1-6H3,(H2,28,29,30,34)/t15-,16+/m1/s1. The van der Waals surface area contributed by atoms with Crippen LogP contribution in [0, 0.1) is 19.8 Å². The Balaban J connectivity index is 1.27. The van der Waals surface area contributed by atoms with Crippen LogP contribution in [0.2, 0.25) is 0 Å². The highest BCUT2D eigenvalue weighted by Crippen LogP contribution is 2.41. The van der Waals surface area contributed by atoms with Gasteiger partial charge in [0.05, 0.1) is 28.5 Å². The molecule has 0 radical (unpaired) electrons. The molecule has 10 nitrogen and oxygen atoms in total. The van der Waals surface area contributed by atoms with Crippen LogP contribution in [0.5, 0.6) is 0 Å². The number of fused-ring (bicyclic) bond motifs is 1. The Morgan fingerprint density at radius 2 is 1.89 bits per heavy atom. The molecule has 202 valence electrons. The van der Waals surface area contributed by atoms with Crippen molar-refractivity contribution in [2.75, 3.05) is 38.2 Å². The molecule has 5 rings (SSSR count). The number of thiazole rings is 1. The summed E-state index contributed by atoms with van der Waals surface area (Å²) in [5, 5.41) is 11.3. The number of ether oxygens (including phenoxy) is 1. The Kier molecular flexibility index (Phi) is 7.06. The van der Waals surface area contributed by atoms with Gasteiger partial charge in [-0.25, -0.2) is 9.78 Å². The number of H-pyrrole nitrogens is 1. The Bertz CT molecular complexity index is 1170. The van der Waals surface area contributed by atoms with E-state index in [4.69, 9.17) is 4.74 Å². The van der Waals surface area contributed by atoms with E-state index in [1.807, 2.05) is 37.5 Å². The summed E-state index contributed by atoms with van der Waals surface area (Å²) >= 11 is 1.37. The molecule has 3 amide bonds. The summed E-state index contributed by atoms with van der Waals surface area (Å²) in [6, 6.07) is 0.452. The van der Waals surface area contributed by atoms with Crippen LogP contribution in [0.25, 0.3) is 0 Å². The Hall–Kier alpha value is -2.50. The van der Waals surface area contributed by atoms with Crippen LogP contribution in [0.15, 0.2) is 0 Å². The van der Waals surface area contributed by atoms with Gasteiger partial charge in [-0.15, -0.1) is 11.3 Å². The van der Waals surface area contributed by atoms with Crippen LogP contribution in [0.4, 0.5) is 10.6 Å². The zero-order valence-electron chi connectivity index (χ0n) is 22.8. The first-order valence-corrected chi connectivity index (χ1v) is 14.1. The van der Waals surface area contributed by atoms with E-state index in [2.05, 4.69) is 39.2 Å². The molecule has 2 saturated heterocycles. The maximum Gasteiger partial charge on any atom is 0.321 e. The molecule has 3 aliphatic heterocycles. The first-order valence-electron chi connectivity index (χ1n) is 13.3. The monoisotopic (exact) mass is 529 g/mol. The number of nitrogens with zero attached hydrogens (tertiary/aromatic N) is 5. The lowest BCUT2D eigenvalue weighted by molar-refractivity contribution is 0.00882. The SMILES string of the molecule is Cc1nc(C)c(C(=O)Nc2n[nH]c3c2CN(C(=O)N2C[C@@H](C)N(CC4CCOCC4)C[C@@H]2C)C3(C)C)s1. The van der Waals surface area contributed by atoms with Gasteiger partial charge >= 0.3 is 6.03 Å². The third kappa shape index (κ3) is 4.88. The molecular weight excluding hydrogens is 490 g/mol. The summed E-state index contributed by atoms with van der Waals surface area (Å²) in [7, 11) is 0. The van der Waals surface area contributed by atoms with E-state index in [0.717, 1.165) is 55.4 Å². The number of urea groups is 1. The van der Waals surface area contributed by atoms with Gasteiger partial charge in [-0.1, -0.05) is 0 Å². The molecule has 37 heavy (non-hydrogen) atoms. The zero-order valence-corrected chi connectivity index (χ0v) is 23.6. The third-order valence-electron chi connectivity index (χ3n) is 8.24. The van der Waals surface area contributed by atoms with Crippen LogP contribution in [0.3, 0.4) is 0 Å². The van der Waals surface area contributed by atoms with Gasteiger partial charge in [0.15, 0.2) is 5.82 Å². The number of amides is 3. The Labute approximate surface area is 222 Å². The summed E-state index contributed by atoms with van der Waals surface area (Å²) in [5.74, 6) is 0.937. The second-order valence-corrected chi connectivity index (χ2v) is 12.5. The zero-order chi connectivity index (χ0) is 26.5. The molecule has 2 atom stereocenters. The fourth-order valence-electron chi connectivity index (χ4n) is 5.97. The average Bonchev–Trinajstić information content (AvgIpc) is 3.49. The van der Waals surface area contributed by atoms with Crippen LogP contribution < -0.4 is 5.32 Å². The lowest BCUT2D eigenvalue weighted by atomic mass is 9.97. The number of rotatable bonds is 4. The number of nitrogens with one attached hydrogen (secondary N) is 2. The number of aromatic nitrogens is 3. The van der Waals surface area contributed by atoms with E-state index in [1.165, 1.54) is 11.3 Å². The lowest BCUT2D eigenvalue weighted by Crippen LogP contribution is -2.62. The van der Waals surface area contributed by atoms with Crippen molar-refractivity contribution in [2.24, 2.45) is 5.92 Å². The number of carbonyl (C=O) groups excluding carboxylic acids is 2. The van der Waals surface area contributed by atoms with Crippen molar-refractivity contribution in [1.29, 1.82) is 0 Å². The van der Waals surface area contributed by atoms with Crippen molar-refractivity contribution in [3.63, 3.8) is 0 Å². The van der Waals surface area contributed by atoms with Crippen molar-refractivity contribution in [1.82, 2.24) is 29.9 Å². The summed E-state index contributed by atoms with van der Waals surface area (Å²) in [6.45, 7) is 16.9. The molecule has 3 aliphatic rings. The maximum absolute atomic E-state index is 13.9. The van der Waals surface area contributed by atoms with E-state index >= 15 is 0 Å². The highest BCUT2D eigenvalue weighted by Gasteiger charge is 2.47. The number of aryl methyl sites for hydroxylation is 2. The molecule has 0 spiro atoms. The number of anilines is 1.